The average Bonchev–Trinajstić information content (AvgIpc) is 2.61. The molecule has 0 unspecified atom stereocenters. The molecule has 0 radical (unpaired) electrons. The van der Waals surface area contributed by atoms with Gasteiger partial charge >= 0.3 is 0 Å². The highest BCUT2D eigenvalue weighted by atomic mass is 79.9. The quantitative estimate of drug-likeness (QED) is 0.867. The number of hydrogen-bond acceptors (Lipinski definition) is 4. The molecule has 13 heavy (non-hydrogen) atoms. The maximum atomic E-state index is 5.89. The predicted molar refractivity (Wildman–Crippen MR) is 62.5 cm³/mol. The third-order valence-electron chi connectivity index (χ3n) is 1.42. The molecule has 6 heteroatoms. The first-order chi connectivity index (χ1) is 6.16. The number of halogens is 2. The predicted octanol–water partition coefficient (Wildman–Crippen LogP) is 3.87. The molecule has 0 aliphatic heterocycles. The topological polar surface area (TPSA) is 38.9 Å². The van der Waals surface area contributed by atoms with Crippen molar-refractivity contribution in [1.82, 2.24) is 4.98 Å². The van der Waals surface area contributed by atoms with Gasteiger partial charge in [0.1, 0.15) is 0 Å². The summed E-state index contributed by atoms with van der Waals surface area (Å²) in [4.78, 5) is 5.19. The van der Waals surface area contributed by atoms with Crippen molar-refractivity contribution in [3.8, 4) is 10.6 Å². The lowest BCUT2D eigenvalue weighted by Gasteiger charge is -1.85. The molecule has 68 valence electrons. The molecule has 0 atom stereocenters. The van der Waals surface area contributed by atoms with Crippen LogP contribution >= 0.6 is 50.2 Å². The van der Waals surface area contributed by atoms with Crippen LogP contribution < -0.4 is 5.73 Å². The van der Waals surface area contributed by atoms with Crippen LogP contribution in [-0.4, -0.2) is 4.98 Å². The largest absolute Gasteiger partial charge is 0.375 e. The second kappa shape index (κ2) is 3.57. The zero-order valence-corrected chi connectivity index (χ0v) is 10.2. The Morgan fingerprint density at radius 1 is 1.54 bits per heavy atom. The number of thiophene rings is 1. The number of thiazole rings is 1. The second-order valence-electron chi connectivity index (χ2n) is 2.30. The third-order valence-corrected chi connectivity index (χ3v) is 4.59. The number of aromatic nitrogens is 1. The molecule has 2 heterocycles. The second-order valence-corrected chi connectivity index (χ2v) is 5.97. The van der Waals surface area contributed by atoms with Gasteiger partial charge in [0.2, 0.25) is 0 Å². The molecule has 2 rings (SSSR count). The van der Waals surface area contributed by atoms with Crippen molar-refractivity contribution in [2.45, 2.75) is 0 Å². The Morgan fingerprint density at radius 2 is 2.31 bits per heavy atom. The highest BCUT2D eigenvalue weighted by molar-refractivity contribution is 9.11. The fourth-order valence-corrected chi connectivity index (χ4v) is 3.17. The van der Waals surface area contributed by atoms with Gasteiger partial charge in [-0.1, -0.05) is 11.6 Å². The third kappa shape index (κ3) is 1.88. The molecule has 2 nitrogen and oxygen atoms in total. The number of anilines is 1. The van der Waals surface area contributed by atoms with Crippen molar-refractivity contribution >= 4 is 55.3 Å². The van der Waals surface area contributed by atoms with Gasteiger partial charge in [-0.15, -0.1) is 22.7 Å². The van der Waals surface area contributed by atoms with Gasteiger partial charge in [-0.2, -0.15) is 0 Å². The molecule has 2 aromatic heterocycles. The molecule has 2 N–H and O–H groups in total. The van der Waals surface area contributed by atoms with Crippen molar-refractivity contribution in [2.24, 2.45) is 0 Å². The molecule has 0 aromatic carbocycles. The van der Waals surface area contributed by atoms with Gasteiger partial charge in [-0.3, -0.25) is 0 Å². The van der Waals surface area contributed by atoms with Crippen LogP contribution in [0.3, 0.4) is 0 Å². The minimum atomic E-state index is 0.579. The van der Waals surface area contributed by atoms with Crippen molar-refractivity contribution in [3.05, 3.63) is 20.3 Å². The summed E-state index contributed by atoms with van der Waals surface area (Å²) in [7, 11) is 0. The van der Waals surface area contributed by atoms with Crippen LogP contribution in [0.25, 0.3) is 10.6 Å². The van der Waals surface area contributed by atoms with Crippen LogP contribution in [0.2, 0.25) is 5.02 Å². The molecule has 0 saturated carbocycles. The van der Waals surface area contributed by atoms with Crippen molar-refractivity contribution in [1.29, 1.82) is 0 Å². The zero-order valence-electron chi connectivity index (χ0n) is 6.25. The maximum absolute atomic E-state index is 5.89. The normalized spacial score (nSPS) is 10.6. The molecular weight excluding hydrogens is 292 g/mol. The van der Waals surface area contributed by atoms with Crippen molar-refractivity contribution < 1.29 is 0 Å². The number of rotatable bonds is 1. The van der Waals surface area contributed by atoms with Crippen LogP contribution in [0.4, 0.5) is 5.13 Å². The summed E-state index contributed by atoms with van der Waals surface area (Å²) in [6, 6.07) is 1.88. The van der Waals surface area contributed by atoms with Gasteiger partial charge < -0.3 is 5.73 Å². The van der Waals surface area contributed by atoms with Gasteiger partial charge in [0.15, 0.2) is 5.13 Å². The maximum Gasteiger partial charge on any atom is 0.180 e. The van der Waals surface area contributed by atoms with E-state index < -0.39 is 0 Å². The van der Waals surface area contributed by atoms with E-state index in [-0.39, 0.29) is 0 Å². The molecule has 0 saturated heterocycles. The highest BCUT2D eigenvalue weighted by Gasteiger charge is 2.08. The van der Waals surface area contributed by atoms with Crippen LogP contribution in [-0.2, 0) is 0 Å². The van der Waals surface area contributed by atoms with Gasteiger partial charge in [0, 0.05) is 5.38 Å². The first kappa shape index (κ1) is 9.45. The Morgan fingerprint density at radius 3 is 2.77 bits per heavy atom. The Balaban J connectivity index is 2.46. The van der Waals surface area contributed by atoms with Crippen LogP contribution in [0.15, 0.2) is 15.2 Å². The summed E-state index contributed by atoms with van der Waals surface area (Å²) in [6.45, 7) is 0. The number of nitrogen functional groups attached to an aromatic ring is 1. The average molecular weight is 296 g/mol. The summed E-state index contributed by atoms with van der Waals surface area (Å²) < 4.78 is 0.927. The molecule has 0 bridgehead atoms. The lowest BCUT2D eigenvalue weighted by atomic mass is 10.4. The molecular formula is C7H4BrClN2S2. The van der Waals surface area contributed by atoms with E-state index in [0.29, 0.717) is 10.2 Å². The van der Waals surface area contributed by atoms with Crippen LogP contribution in [0.1, 0.15) is 0 Å². The molecule has 0 amide bonds. The van der Waals surface area contributed by atoms with Crippen molar-refractivity contribution in [2.75, 3.05) is 5.73 Å². The summed E-state index contributed by atoms with van der Waals surface area (Å²) in [6.07, 6.45) is 0. The first-order valence-corrected chi connectivity index (χ1v) is 6.20. The van der Waals surface area contributed by atoms with Gasteiger partial charge in [0.25, 0.3) is 0 Å². The molecule has 0 aliphatic rings. The summed E-state index contributed by atoms with van der Waals surface area (Å²) >= 11 is 12.2. The minimum absolute atomic E-state index is 0.579. The van der Waals surface area contributed by atoms with Gasteiger partial charge in [-0.25, -0.2) is 4.98 Å². The Labute approximate surface area is 96.5 Å². The van der Waals surface area contributed by atoms with E-state index >= 15 is 0 Å². The molecule has 0 fully saturated rings. The van der Waals surface area contributed by atoms with E-state index in [2.05, 4.69) is 20.9 Å². The van der Waals surface area contributed by atoms with E-state index in [9.17, 15) is 0 Å². The highest BCUT2D eigenvalue weighted by Crippen LogP contribution is 2.38. The summed E-state index contributed by atoms with van der Waals surface area (Å²) in [5, 5.41) is 3.21. The molecule has 2 aromatic rings. The number of nitrogens with zero attached hydrogens (tertiary/aromatic N) is 1. The first-order valence-electron chi connectivity index (χ1n) is 3.33. The Bertz CT molecular complexity index is 418. The van der Waals surface area contributed by atoms with Crippen LogP contribution in [0, 0.1) is 0 Å². The Hall–Kier alpha value is -0.100. The lowest BCUT2D eigenvalue weighted by molar-refractivity contribution is 1.43. The fourth-order valence-electron chi connectivity index (χ4n) is 0.874. The smallest absolute Gasteiger partial charge is 0.180 e. The van der Waals surface area contributed by atoms with E-state index in [0.717, 1.165) is 14.4 Å². The van der Waals surface area contributed by atoms with E-state index in [4.69, 9.17) is 17.3 Å². The van der Waals surface area contributed by atoms with Gasteiger partial charge in [0.05, 0.1) is 19.4 Å². The van der Waals surface area contributed by atoms with E-state index in [1.165, 1.54) is 11.3 Å². The van der Waals surface area contributed by atoms with E-state index in [1.54, 1.807) is 11.3 Å². The Kier molecular flexibility index (Phi) is 2.60. The summed E-state index contributed by atoms with van der Waals surface area (Å²) in [5.41, 5.74) is 6.42. The van der Waals surface area contributed by atoms with E-state index in [1.807, 2.05) is 11.4 Å². The number of hydrogen-bond donors (Lipinski definition) is 1. The zero-order chi connectivity index (χ0) is 9.42. The SMILES string of the molecule is Nc1nc(-c2cc(Cl)c(Br)s2)cs1. The standard InChI is InChI=1S/C7H4BrClN2S2/c8-6-3(9)1-5(13-6)4-2-12-7(10)11-4/h1-2H,(H2,10,11). The minimum Gasteiger partial charge on any atom is -0.375 e. The fraction of sp³-hybridized carbons (Fsp3) is 0. The van der Waals surface area contributed by atoms with Crippen molar-refractivity contribution in [3.63, 3.8) is 0 Å². The molecule has 0 aliphatic carbocycles. The van der Waals surface area contributed by atoms with Crippen LogP contribution in [0.5, 0.6) is 0 Å². The molecule has 0 spiro atoms. The van der Waals surface area contributed by atoms with Gasteiger partial charge in [-0.05, 0) is 22.0 Å². The number of nitrogens with two attached hydrogens (primary N) is 1. The monoisotopic (exact) mass is 294 g/mol. The summed E-state index contributed by atoms with van der Waals surface area (Å²) in [5.74, 6) is 0. The lowest BCUT2D eigenvalue weighted by Crippen LogP contribution is -1.80.